The molecule has 0 aromatic heterocycles. The van der Waals surface area contributed by atoms with Crippen LogP contribution in [-0.4, -0.2) is 62.7 Å². The number of hydrogen-bond donors (Lipinski definition) is 2. The van der Waals surface area contributed by atoms with E-state index in [-0.39, 0.29) is 17.7 Å². The lowest BCUT2D eigenvalue weighted by atomic mass is 10.1. The van der Waals surface area contributed by atoms with Crippen LogP contribution in [0.4, 0.5) is 0 Å². The van der Waals surface area contributed by atoms with Gasteiger partial charge in [-0.15, -0.1) is 0 Å². The molecule has 0 aliphatic carbocycles. The van der Waals surface area contributed by atoms with E-state index in [1.165, 1.54) is 0 Å². The highest BCUT2D eigenvalue weighted by atomic mass is 16.5. The van der Waals surface area contributed by atoms with E-state index in [4.69, 9.17) is 4.74 Å². The molecular weight excluding hydrogens is 222 g/mol. The molecule has 2 aliphatic heterocycles. The van der Waals surface area contributed by atoms with Crippen molar-refractivity contribution in [3.63, 3.8) is 0 Å². The predicted molar refractivity (Wildman–Crippen MR) is 61.4 cm³/mol. The summed E-state index contributed by atoms with van der Waals surface area (Å²) in [5.41, 5.74) is 0. The minimum Gasteiger partial charge on any atom is -0.377 e. The van der Waals surface area contributed by atoms with Gasteiger partial charge in [-0.25, -0.2) is 0 Å². The largest absolute Gasteiger partial charge is 0.377 e. The Bertz CT molecular complexity index is 302. The normalized spacial score (nSPS) is 29.1. The summed E-state index contributed by atoms with van der Waals surface area (Å²) in [5.74, 6) is -0.0591. The van der Waals surface area contributed by atoms with Crippen LogP contribution in [0.3, 0.4) is 0 Å². The highest BCUT2D eigenvalue weighted by Crippen LogP contribution is 2.16. The number of likely N-dealkylation sites (N-methyl/N-ethyl adjacent to an activating group) is 1. The fourth-order valence-electron chi connectivity index (χ4n) is 2.35. The monoisotopic (exact) mass is 241 g/mol. The first-order valence-electron chi connectivity index (χ1n) is 6.04. The maximum absolute atomic E-state index is 12.3. The SMILES string of the molecule is CNC(=O)C1COCCN1C(=O)C1CCNC1. The smallest absolute Gasteiger partial charge is 0.244 e. The van der Waals surface area contributed by atoms with Crippen molar-refractivity contribution in [2.24, 2.45) is 5.92 Å². The number of nitrogens with zero attached hydrogens (tertiary/aromatic N) is 1. The first-order chi connectivity index (χ1) is 8.24. The van der Waals surface area contributed by atoms with Gasteiger partial charge in [0, 0.05) is 20.1 Å². The van der Waals surface area contributed by atoms with Crippen molar-refractivity contribution in [2.75, 3.05) is 39.9 Å². The van der Waals surface area contributed by atoms with Crippen molar-refractivity contribution in [1.29, 1.82) is 0 Å². The lowest BCUT2D eigenvalue weighted by Gasteiger charge is -2.35. The molecule has 2 aliphatic rings. The molecule has 2 N–H and O–H groups in total. The summed E-state index contributed by atoms with van der Waals surface area (Å²) in [6, 6.07) is -0.471. The van der Waals surface area contributed by atoms with Gasteiger partial charge in [0.15, 0.2) is 0 Å². The maximum Gasteiger partial charge on any atom is 0.244 e. The molecule has 96 valence electrons. The van der Waals surface area contributed by atoms with Gasteiger partial charge in [-0.3, -0.25) is 9.59 Å². The molecule has 0 aromatic carbocycles. The van der Waals surface area contributed by atoms with E-state index in [9.17, 15) is 9.59 Å². The van der Waals surface area contributed by atoms with E-state index < -0.39 is 6.04 Å². The molecule has 2 heterocycles. The highest BCUT2D eigenvalue weighted by molar-refractivity contribution is 5.89. The molecule has 6 heteroatoms. The molecule has 0 aromatic rings. The molecule has 0 radical (unpaired) electrons. The third-order valence-corrected chi connectivity index (χ3v) is 3.37. The second-order valence-electron chi connectivity index (χ2n) is 4.43. The van der Waals surface area contributed by atoms with Gasteiger partial charge < -0.3 is 20.3 Å². The molecule has 0 saturated carbocycles. The van der Waals surface area contributed by atoms with Gasteiger partial charge in [-0.2, -0.15) is 0 Å². The topological polar surface area (TPSA) is 70.7 Å². The zero-order valence-corrected chi connectivity index (χ0v) is 10.1. The highest BCUT2D eigenvalue weighted by Gasteiger charge is 2.36. The average molecular weight is 241 g/mol. The Morgan fingerprint density at radius 1 is 1.47 bits per heavy atom. The van der Waals surface area contributed by atoms with E-state index in [0.717, 1.165) is 19.5 Å². The van der Waals surface area contributed by atoms with Crippen molar-refractivity contribution >= 4 is 11.8 Å². The van der Waals surface area contributed by atoms with Crippen LogP contribution < -0.4 is 10.6 Å². The number of morpholine rings is 1. The molecule has 6 nitrogen and oxygen atoms in total. The minimum atomic E-state index is -0.471. The zero-order valence-electron chi connectivity index (χ0n) is 10.1. The van der Waals surface area contributed by atoms with Crippen LogP contribution in [-0.2, 0) is 14.3 Å². The van der Waals surface area contributed by atoms with Gasteiger partial charge >= 0.3 is 0 Å². The summed E-state index contributed by atoms with van der Waals surface area (Å²) < 4.78 is 5.28. The number of ether oxygens (including phenoxy) is 1. The predicted octanol–water partition coefficient (Wildman–Crippen LogP) is -1.43. The van der Waals surface area contributed by atoms with Crippen LogP contribution in [0.5, 0.6) is 0 Å². The van der Waals surface area contributed by atoms with Crippen molar-refractivity contribution in [3.05, 3.63) is 0 Å². The fourth-order valence-corrected chi connectivity index (χ4v) is 2.35. The lowest BCUT2D eigenvalue weighted by Crippen LogP contribution is -2.56. The van der Waals surface area contributed by atoms with Crippen LogP contribution in [0.2, 0.25) is 0 Å². The summed E-state index contributed by atoms with van der Waals surface area (Å²) in [6.07, 6.45) is 0.858. The summed E-state index contributed by atoms with van der Waals surface area (Å²) >= 11 is 0. The van der Waals surface area contributed by atoms with Crippen molar-refractivity contribution in [1.82, 2.24) is 15.5 Å². The maximum atomic E-state index is 12.3. The summed E-state index contributed by atoms with van der Waals surface area (Å²) in [4.78, 5) is 25.6. The second kappa shape index (κ2) is 5.46. The van der Waals surface area contributed by atoms with Crippen LogP contribution in [0.25, 0.3) is 0 Å². The fraction of sp³-hybridized carbons (Fsp3) is 0.818. The van der Waals surface area contributed by atoms with E-state index in [1.807, 2.05) is 0 Å². The number of hydrogen-bond acceptors (Lipinski definition) is 4. The number of amides is 2. The van der Waals surface area contributed by atoms with Crippen molar-refractivity contribution in [2.45, 2.75) is 12.5 Å². The zero-order chi connectivity index (χ0) is 12.3. The van der Waals surface area contributed by atoms with E-state index >= 15 is 0 Å². The molecule has 2 saturated heterocycles. The van der Waals surface area contributed by atoms with E-state index in [1.54, 1.807) is 11.9 Å². The molecule has 0 spiro atoms. The molecule has 2 unspecified atom stereocenters. The van der Waals surface area contributed by atoms with Gasteiger partial charge in [0.05, 0.1) is 19.1 Å². The Labute approximate surface area is 101 Å². The first-order valence-corrected chi connectivity index (χ1v) is 6.04. The number of nitrogens with one attached hydrogen (secondary N) is 2. The van der Waals surface area contributed by atoms with Crippen molar-refractivity contribution < 1.29 is 14.3 Å². The lowest BCUT2D eigenvalue weighted by molar-refractivity contribution is -0.150. The van der Waals surface area contributed by atoms with Crippen LogP contribution in [0.1, 0.15) is 6.42 Å². The van der Waals surface area contributed by atoms with Gasteiger partial charge in [0.1, 0.15) is 6.04 Å². The van der Waals surface area contributed by atoms with Crippen molar-refractivity contribution in [3.8, 4) is 0 Å². The Kier molecular flexibility index (Phi) is 3.96. The number of carbonyl (C=O) groups is 2. The summed E-state index contributed by atoms with van der Waals surface area (Å²) in [5, 5.41) is 5.75. The van der Waals surface area contributed by atoms with E-state index in [2.05, 4.69) is 10.6 Å². The average Bonchev–Trinajstić information content (AvgIpc) is 2.91. The van der Waals surface area contributed by atoms with Gasteiger partial charge in [0.2, 0.25) is 11.8 Å². The van der Waals surface area contributed by atoms with Crippen LogP contribution in [0.15, 0.2) is 0 Å². The Hall–Kier alpha value is -1.14. The molecular formula is C11H19N3O3. The molecule has 2 atom stereocenters. The molecule has 2 rings (SSSR count). The number of rotatable bonds is 2. The Morgan fingerprint density at radius 2 is 2.29 bits per heavy atom. The third kappa shape index (κ3) is 2.58. The quantitative estimate of drug-likeness (QED) is 0.622. The molecule has 2 fully saturated rings. The van der Waals surface area contributed by atoms with E-state index in [0.29, 0.717) is 19.8 Å². The molecule has 0 bridgehead atoms. The second-order valence-corrected chi connectivity index (χ2v) is 4.43. The Balaban J connectivity index is 2.04. The van der Waals surface area contributed by atoms with Gasteiger partial charge in [-0.1, -0.05) is 0 Å². The van der Waals surface area contributed by atoms with Crippen LogP contribution >= 0.6 is 0 Å². The summed E-state index contributed by atoms with van der Waals surface area (Å²) in [7, 11) is 1.58. The summed E-state index contributed by atoms with van der Waals surface area (Å²) in [6.45, 7) is 2.92. The first kappa shape index (κ1) is 12.3. The molecule has 2 amide bonds. The van der Waals surface area contributed by atoms with Gasteiger partial charge in [0.25, 0.3) is 0 Å². The minimum absolute atomic E-state index is 0.0141. The van der Waals surface area contributed by atoms with Crippen LogP contribution in [0, 0.1) is 5.92 Å². The Morgan fingerprint density at radius 3 is 2.94 bits per heavy atom. The molecule has 17 heavy (non-hydrogen) atoms. The standard InChI is InChI=1S/C11H19N3O3/c1-12-10(15)9-7-17-5-4-14(9)11(16)8-2-3-13-6-8/h8-9,13H,2-7H2,1H3,(H,12,15). The third-order valence-electron chi connectivity index (χ3n) is 3.37. The number of carbonyl (C=O) groups excluding carboxylic acids is 2. The van der Waals surface area contributed by atoms with Gasteiger partial charge in [-0.05, 0) is 13.0 Å².